The van der Waals surface area contributed by atoms with Gasteiger partial charge in [0.1, 0.15) is 5.69 Å². The Bertz CT molecular complexity index is 1150. The van der Waals surface area contributed by atoms with Gasteiger partial charge in [-0.25, -0.2) is 18.4 Å². The number of halogens is 2. The second-order valence-corrected chi connectivity index (χ2v) is 8.16. The van der Waals surface area contributed by atoms with E-state index in [0.29, 0.717) is 24.1 Å². The second-order valence-electron chi connectivity index (χ2n) is 8.16. The summed E-state index contributed by atoms with van der Waals surface area (Å²) in [6, 6.07) is 14.0. The molecule has 0 saturated heterocycles. The molecule has 0 bridgehead atoms. The number of carboxylic acid groups (broad SMARTS) is 1. The Balaban J connectivity index is 1.99. The van der Waals surface area contributed by atoms with Gasteiger partial charge >= 0.3 is 11.7 Å². The lowest BCUT2D eigenvalue weighted by Crippen LogP contribution is -2.26. The number of hydrogen-bond donors (Lipinski definition) is 1. The molecule has 3 rings (SSSR count). The van der Waals surface area contributed by atoms with Crippen LogP contribution in [0.25, 0.3) is 11.1 Å². The first-order chi connectivity index (χ1) is 15.9. The van der Waals surface area contributed by atoms with Gasteiger partial charge in [-0.3, -0.25) is 9.13 Å². The molecule has 33 heavy (non-hydrogen) atoms. The maximum atomic E-state index is 14.0. The molecule has 5 nitrogen and oxygen atoms in total. The van der Waals surface area contributed by atoms with Crippen LogP contribution >= 0.6 is 0 Å². The summed E-state index contributed by atoms with van der Waals surface area (Å²) < 4.78 is 30.7. The summed E-state index contributed by atoms with van der Waals surface area (Å²) in [6.45, 7) is 4.43. The van der Waals surface area contributed by atoms with Gasteiger partial charge < -0.3 is 5.11 Å². The summed E-state index contributed by atoms with van der Waals surface area (Å²) in [5, 5.41) is 9.44. The van der Waals surface area contributed by atoms with Gasteiger partial charge in [-0.2, -0.15) is 0 Å². The zero-order valence-electron chi connectivity index (χ0n) is 19.1. The van der Waals surface area contributed by atoms with Crippen molar-refractivity contribution in [3.8, 4) is 11.1 Å². The molecular weight excluding hydrogens is 426 g/mol. The van der Waals surface area contributed by atoms with Gasteiger partial charge in [0.15, 0.2) is 0 Å². The Morgan fingerprint density at radius 3 is 2.24 bits per heavy atom. The molecule has 3 aromatic rings. The predicted octanol–water partition coefficient (Wildman–Crippen LogP) is 6.14. The summed E-state index contributed by atoms with van der Waals surface area (Å²) in [7, 11) is 0. The number of aromatic nitrogens is 2. The Morgan fingerprint density at radius 1 is 0.970 bits per heavy atom. The third-order valence-electron chi connectivity index (χ3n) is 5.85. The van der Waals surface area contributed by atoms with Crippen LogP contribution in [0.3, 0.4) is 0 Å². The SMILES string of the molecule is CCCCc1c(C(F)F)n(CCCC)c(=O)n1Cc1ccc(-c2ccccc2C(=O)O)cc1. The van der Waals surface area contributed by atoms with E-state index in [4.69, 9.17) is 0 Å². The monoisotopic (exact) mass is 456 g/mol. The van der Waals surface area contributed by atoms with Crippen molar-refractivity contribution in [2.45, 2.75) is 65.5 Å². The summed E-state index contributed by atoms with van der Waals surface area (Å²) in [5.74, 6) is -1.00. The Hall–Kier alpha value is -3.22. The van der Waals surface area contributed by atoms with E-state index in [1.165, 1.54) is 9.13 Å². The summed E-state index contributed by atoms with van der Waals surface area (Å²) in [4.78, 5) is 24.7. The van der Waals surface area contributed by atoms with E-state index in [2.05, 4.69) is 0 Å². The summed E-state index contributed by atoms with van der Waals surface area (Å²) in [6.07, 6.45) is 0.751. The quantitative estimate of drug-likeness (QED) is 0.377. The van der Waals surface area contributed by atoms with Crippen LogP contribution in [0.5, 0.6) is 0 Å². The van der Waals surface area contributed by atoms with Crippen LogP contribution in [0.4, 0.5) is 8.78 Å². The minimum Gasteiger partial charge on any atom is -0.478 e. The zero-order valence-corrected chi connectivity index (χ0v) is 19.1. The van der Waals surface area contributed by atoms with Gasteiger partial charge in [0.25, 0.3) is 6.43 Å². The Labute approximate surface area is 192 Å². The molecule has 7 heteroatoms. The minimum atomic E-state index is -2.71. The molecular formula is C26H30F2N2O3. The maximum Gasteiger partial charge on any atom is 0.336 e. The molecule has 0 radical (unpaired) electrons. The van der Waals surface area contributed by atoms with Gasteiger partial charge in [-0.1, -0.05) is 69.2 Å². The molecule has 0 amide bonds. The van der Waals surface area contributed by atoms with Crippen LogP contribution < -0.4 is 5.69 Å². The lowest BCUT2D eigenvalue weighted by Gasteiger charge is -2.11. The molecule has 2 aromatic carbocycles. The number of carbonyl (C=O) groups is 1. The van der Waals surface area contributed by atoms with Gasteiger partial charge in [-0.15, -0.1) is 0 Å². The first-order valence-electron chi connectivity index (χ1n) is 11.4. The van der Waals surface area contributed by atoms with Gasteiger partial charge in [-0.05, 0) is 42.0 Å². The Morgan fingerprint density at radius 2 is 1.64 bits per heavy atom. The third-order valence-corrected chi connectivity index (χ3v) is 5.85. The zero-order chi connectivity index (χ0) is 24.0. The molecule has 0 unspecified atom stereocenters. The maximum absolute atomic E-state index is 14.0. The van der Waals surface area contributed by atoms with Crippen LogP contribution in [-0.4, -0.2) is 20.2 Å². The van der Waals surface area contributed by atoms with Crippen molar-refractivity contribution >= 4 is 5.97 Å². The number of unbranched alkanes of at least 4 members (excludes halogenated alkanes) is 2. The van der Waals surface area contributed by atoms with Gasteiger partial charge in [0, 0.05) is 12.2 Å². The number of alkyl halides is 2. The molecule has 0 atom stereocenters. The van der Waals surface area contributed by atoms with E-state index in [1.807, 2.05) is 26.0 Å². The molecule has 176 valence electrons. The Kier molecular flexibility index (Phi) is 8.20. The lowest BCUT2D eigenvalue weighted by atomic mass is 9.99. The van der Waals surface area contributed by atoms with Crippen molar-refractivity contribution in [3.05, 3.63) is 81.5 Å². The van der Waals surface area contributed by atoms with Crippen molar-refractivity contribution in [2.75, 3.05) is 0 Å². The number of imidazole rings is 1. The van der Waals surface area contributed by atoms with Crippen molar-refractivity contribution in [3.63, 3.8) is 0 Å². The number of rotatable bonds is 11. The number of nitrogens with zero attached hydrogens (tertiary/aromatic N) is 2. The smallest absolute Gasteiger partial charge is 0.336 e. The average molecular weight is 457 g/mol. The second kappa shape index (κ2) is 11.1. The highest BCUT2D eigenvalue weighted by molar-refractivity contribution is 5.95. The molecule has 1 aromatic heterocycles. The van der Waals surface area contributed by atoms with Crippen LogP contribution in [-0.2, 0) is 19.5 Å². The molecule has 1 N–H and O–H groups in total. The highest BCUT2D eigenvalue weighted by atomic mass is 19.3. The molecule has 1 heterocycles. The first kappa shape index (κ1) is 24.4. The van der Waals surface area contributed by atoms with Gasteiger partial charge in [0.05, 0.1) is 12.1 Å². The first-order valence-corrected chi connectivity index (χ1v) is 11.4. The minimum absolute atomic E-state index is 0.158. The van der Waals surface area contributed by atoms with Crippen LogP contribution in [0, 0.1) is 0 Å². The van der Waals surface area contributed by atoms with E-state index in [0.717, 1.165) is 30.4 Å². The average Bonchev–Trinajstić information content (AvgIpc) is 3.07. The summed E-state index contributed by atoms with van der Waals surface area (Å²) in [5.41, 5.74) is 2.19. The van der Waals surface area contributed by atoms with Crippen molar-refractivity contribution in [2.24, 2.45) is 0 Å². The normalized spacial score (nSPS) is 11.3. The topological polar surface area (TPSA) is 64.2 Å². The van der Waals surface area contributed by atoms with E-state index in [9.17, 15) is 23.5 Å². The molecule has 0 aliphatic rings. The standard InChI is InChI=1S/C26H30F2N2O3/c1-3-5-11-22-23(24(27)28)29(16-6-4-2)26(33)30(22)17-18-12-14-19(15-13-18)20-9-7-8-10-21(20)25(31)32/h7-10,12-15,24H,3-6,11,16-17H2,1-2H3,(H,31,32). The fraction of sp³-hybridized carbons (Fsp3) is 0.385. The largest absolute Gasteiger partial charge is 0.478 e. The van der Waals surface area contributed by atoms with Crippen molar-refractivity contribution < 1.29 is 18.7 Å². The van der Waals surface area contributed by atoms with E-state index in [1.54, 1.807) is 36.4 Å². The molecule has 0 spiro atoms. The summed E-state index contributed by atoms with van der Waals surface area (Å²) >= 11 is 0. The number of carboxylic acids is 1. The predicted molar refractivity (Wildman–Crippen MR) is 125 cm³/mol. The highest BCUT2D eigenvalue weighted by Crippen LogP contribution is 2.27. The fourth-order valence-electron chi connectivity index (χ4n) is 4.10. The molecule has 0 fully saturated rings. The number of hydrogen-bond acceptors (Lipinski definition) is 2. The number of benzene rings is 2. The molecule has 0 aliphatic carbocycles. The highest BCUT2D eigenvalue weighted by Gasteiger charge is 2.25. The van der Waals surface area contributed by atoms with E-state index in [-0.39, 0.29) is 24.3 Å². The molecule has 0 saturated carbocycles. The van der Waals surface area contributed by atoms with Crippen molar-refractivity contribution in [1.29, 1.82) is 0 Å². The van der Waals surface area contributed by atoms with Crippen LogP contribution in [0.2, 0.25) is 0 Å². The van der Waals surface area contributed by atoms with Gasteiger partial charge in [0.2, 0.25) is 0 Å². The number of aromatic carboxylic acids is 1. The lowest BCUT2D eigenvalue weighted by molar-refractivity contribution is 0.0697. The van der Waals surface area contributed by atoms with E-state index >= 15 is 0 Å². The van der Waals surface area contributed by atoms with Crippen molar-refractivity contribution in [1.82, 2.24) is 9.13 Å². The third kappa shape index (κ3) is 5.41. The fourth-order valence-corrected chi connectivity index (χ4v) is 4.10. The van der Waals surface area contributed by atoms with Crippen LogP contribution in [0.15, 0.2) is 53.3 Å². The molecule has 0 aliphatic heterocycles. The van der Waals surface area contributed by atoms with E-state index < -0.39 is 18.1 Å². The van der Waals surface area contributed by atoms with Crippen LogP contribution in [0.1, 0.15) is 73.3 Å².